The van der Waals surface area contributed by atoms with E-state index in [2.05, 4.69) is 13.2 Å². The summed E-state index contributed by atoms with van der Waals surface area (Å²) in [5, 5.41) is 8.53. The van der Waals surface area contributed by atoms with Gasteiger partial charge in [0.25, 0.3) is 0 Å². The largest absolute Gasteiger partial charge is 0.481 e. The van der Waals surface area contributed by atoms with E-state index in [1.807, 2.05) is 0 Å². The lowest BCUT2D eigenvalue weighted by Gasteiger charge is -2.15. The Balaban J connectivity index is 0.000000336. The summed E-state index contributed by atoms with van der Waals surface area (Å²) in [4.78, 5) is 35.4. The number of nitrogens with zero attached hydrogens (tertiary/aromatic N) is 1. The van der Waals surface area contributed by atoms with Crippen molar-refractivity contribution in [1.29, 1.82) is 0 Å². The maximum Gasteiger partial charge on any atom is 0.303 e. The third kappa shape index (κ3) is 5.76. The molecule has 1 fully saturated rings. The summed E-state index contributed by atoms with van der Waals surface area (Å²) in [6, 6.07) is 4.81. The van der Waals surface area contributed by atoms with Crippen molar-refractivity contribution in [3.05, 3.63) is 48.4 Å². The molecule has 2 aliphatic rings. The van der Waals surface area contributed by atoms with Gasteiger partial charge in [-0.1, -0.05) is 13.2 Å². The van der Waals surface area contributed by atoms with Gasteiger partial charge in [0.05, 0.1) is 13.0 Å². The Labute approximate surface area is 161 Å². The average Bonchev–Trinajstić information content (AvgIpc) is 3.28. The van der Waals surface area contributed by atoms with Crippen LogP contribution in [-0.4, -0.2) is 54.8 Å². The van der Waals surface area contributed by atoms with Gasteiger partial charge < -0.3 is 29.0 Å². The number of hydrogen-bond donors (Lipinski definition) is 1. The molecule has 0 unspecified atom stereocenters. The molecule has 0 bridgehead atoms. The van der Waals surface area contributed by atoms with Gasteiger partial charge in [-0.2, -0.15) is 0 Å². The van der Waals surface area contributed by atoms with Gasteiger partial charge in [0.15, 0.2) is 28.8 Å². The van der Waals surface area contributed by atoms with Crippen molar-refractivity contribution in [2.75, 3.05) is 27.2 Å². The molecule has 9 heteroatoms. The van der Waals surface area contributed by atoms with Crippen LogP contribution in [0.3, 0.4) is 0 Å². The number of aliphatic carboxylic acids is 1. The predicted octanol–water partition coefficient (Wildman–Crippen LogP) is 1.94. The molecule has 3 rings (SSSR count). The van der Waals surface area contributed by atoms with Gasteiger partial charge >= 0.3 is 5.97 Å². The van der Waals surface area contributed by atoms with Crippen LogP contribution >= 0.6 is 0 Å². The predicted molar refractivity (Wildman–Crippen MR) is 96.7 cm³/mol. The van der Waals surface area contributed by atoms with E-state index in [4.69, 9.17) is 24.1 Å². The first-order valence-corrected chi connectivity index (χ1v) is 8.30. The molecular formula is C19H21NO8. The van der Waals surface area contributed by atoms with Gasteiger partial charge in [0, 0.05) is 19.0 Å². The van der Waals surface area contributed by atoms with E-state index in [0.717, 1.165) is 0 Å². The number of carbonyl (C=O) groups excluding carboxylic acids is 2. The summed E-state index contributed by atoms with van der Waals surface area (Å²) >= 11 is 0. The molecular weight excluding hydrogens is 370 g/mol. The van der Waals surface area contributed by atoms with Gasteiger partial charge in [-0.3, -0.25) is 14.4 Å². The van der Waals surface area contributed by atoms with Crippen LogP contribution in [0.1, 0.15) is 23.2 Å². The Morgan fingerprint density at radius 2 is 1.61 bits per heavy atom. The second kappa shape index (κ2) is 9.45. The Hall–Kier alpha value is -3.49. The van der Waals surface area contributed by atoms with Crippen LogP contribution in [0.25, 0.3) is 0 Å². The number of benzene rings is 1. The second-order valence-corrected chi connectivity index (χ2v) is 5.89. The molecule has 0 aliphatic carbocycles. The second-order valence-electron chi connectivity index (χ2n) is 5.89. The number of ketones is 1. The van der Waals surface area contributed by atoms with E-state index in [0.29, 0.717) is 28.6 Å². The number of likely N-dealkylation sites (N-methyl/N-ethyl adjacent to an activating group) is 1. The van der Waals surface area contributed by atoms with Gasteiger partial charge in [0.2, 0.25) is 19.5 Å². The van der Waals surface area contributed by atoms with Crippen LogP contribution in [0, 0.1) is 0 Å². The lowest BCUT2D eigenvalue weighted by atomic mass is 10.1. The highest BCUT2D eigenvalue weighted by Crippen LogP contribution is 2.32. The number of amides is 1. The average molecular weight is 391 g/mol. The number of hydrogen-bond acceptors (Lipinski definition) is 7. The molecule has 1 aromatic carbocycles. The van der Waals surface area contributed by atoms with Crippen molar-refractivity contribution in [3.63, 3.8) is 0 Å². The molecule has 1 saturated heterocycles. The monoisotopic (exact) mass is 391 g/mol. The summed E-state index contributed by atoms with van der Waals surface area (Å²) < 4.78 is 19.8. The number of carboxylic acid groups (broad SMARTS) is 1. The SMILES string of the molecule is C=C1OCOC1=C.CN(CC(=O)c1ccc2c(c1)OCO2)C(=O)CCC(=O)O. The normalized spacial score (nSPS) is 13.8. The molecule has 0 spiro atoms. The number of fused-ring (bicyclic) bond motifs is 1. The fraction of sp³-hybridized carbons (Fsp3) is 0.316. The molecule has 2 heterocycles. The Morgan fingerprint density at radius 1 is 1.00 bits per heavy atom. The molecule has 9 nitrogen and oxygen atoms in total. The van der Waals surface area contributed by atoms with Crippen molar-refractivity contribution in [2.24, 2.45) is 0 Å². The summed E-state index contributed by atoms with van der Waals surface area (Å²) in [7, 11) is 1.47. The first-order valence-electron chi connectivity index (χ1n) is 8.30. The van der Waals surface area contributed by atoms with Gasteiger partial charge in [-0.15, -0.1) is 0 Å². The van der Waals surface area contributed by atoms with Gasteiger partial charge in [-0.05, 0) is 18.2 Å². The zero-order valence-corrected chi connectivity index (χ0v) is 15.4. The van der Waals surface area contributed by atoms with Crippen LogP contribution in [0.5, 0.6) is 11.5 Å². The quantitative estimate of drug-likeness (QED) is 0.733. The van der Waals surface area contributed by atoms with Crippen LogP contribution in [-0.2, 0) is 19.1 Å². The molecule has 0 aromatic heterocycles. The molecule has 150 valence electrons. The van der Waals surface area contributed by atoms with E-state index in [9.17, 15) is 14.4 Å². The third-order valence-electron chi connectivity index (χ3n) is 3.83. The zero-order chi connectivity index (χ0) is 20.7. The van der Waals surface area contributed by atoms with Crippen LogP contribution < -0.4 is 9.47 Å². The highest BCUT2D eigenvalue weighted by molar-refractivity contribution is 6.00. The standard InChI is InChI=1S/C14H15NO6.C5H6O2/c1-15(13(17)4-5-14(18)19)7-10(16)9-2-3-11-12(6-9)21-8-20-11;1-4-5(2)7-3-6-4/h2-3,6H,4-5,7-8H2,1H3,(H,18,19);1-3H2. The molecule has 0 saturated carbocycles. The maximum atomic E-state index is 12.1. The summed E-state index contributed by atoms with van der Waals surface area (Å²) in [5.41, 5.74) is 0.414. The van der Waals surface area contributed by atoms with Crippen molar-refractivity contribution in [1.82, 2.24) is 4.90 Å². The Morgan fingerprint density at radius 3 is 2.18 bits per heavy atom. The number of ether oxygens (including phenoxy) is 4. The molecule has 28 heavy (non-hydrogen) atoms. The van der Waals surface area contributed by atoms with E-state index in [1.165, 1.54) is 11.9 Å². The number of carbonyl (C=O) groups is 3. The molecule has 2 aliphatic heterocycles. The summed E-state index contributed by atoms with van der Waals surface area (Å²) in [5.74, 6) is 0.489. The van der Waals surface area contributed by atoms with Crippen molar-refractivity contribution < 1.29 is 38.4 Å². The van der Waals surface area contributed by atoms with E-state index in [-0.39, 0.29) is 44.7 Å². The Bertz CT molecular complexity index is 787. The minimum atomic E-state index is -1.04. The van der Waals surface area contributed by atoms with E-state index < -0.39 is 5.97 Å². The first-order chi connectivity index (χ1) is 13.3. The van der Waals surface area contributed by atoms with Crippen molar-refractivity contribution >= 4 is 17.7 Å². The smallest absolute Gasteiger partial charge is 0.303 e. The maximum absolute atomic E-state index is 12.1. The molecule has 1 amide bonds. The molecule has 0 atom stereocenters. The third-order valence-corrected chi connectivity index (χ3v) is 3.83. The molecule has 1 N–H and O–H groups in total. The van der Waals surface area contributed by atoms with Crippen molar-refractivity contribution in [2.45, 2.75) is 12.8 Å². The topological polar surface area (TPSA) is 112 Å². The van der Waals surface area contributed by atoms with Crippen LogP contribution in [0.2, 0.25) is 0 Å². The lowest BCUT2D eigenvalue weighted by molar-refractivity contribution is -0.140. The van der Waals surface area contributed by atoms with Crippen molar-refractivity contribution in [3.8, 4) is 11.5 Å². The highest BCUT2D eigenvalue weighted by Gasteiger charge is 2.19. The minimum absolute atomic E-state index is 0.113. The number of Topliss-reactive ketones (excluding diaryl/α,β-unsaturated/α-hetero) is 1. The highest BCUT2D eigenvalue weighted by atomic mass is 16.7. The van der Waals surface area contributed by atoms with Crippen LogP contribution in [0.15, 0.2) is 42.9 Å². The van der Waals surface area contributed by atoms with E-state index >= 15 is 0 Å². The fourth-order valence-corrected chi connectivity index (χ4v) is 2.20. The molecule has 1 aromatic rings. The fourth-order valence-electron chi connectivity index (χ4n) is 2.20. The van der Waals surface area contributed by atoms with E-state index in [1.54, 1.807) is 18.2 Å². The Kier molecular flexibility index (Phi) is 7.02. The van der Waals surface area contributed by atoms with Gasteiger partial charge in [-0.25, -0.2) is 0 Å². The van der Waals surface area contributed by atoms with Gasteiger partial charge in [0.1, 0.15) is 0 Å². The molecule has 0 radical (unpaired) electrons. The zero-order valence-electron chi connectivity index (χ0n) is 15.4. The summed E-state index contributed by atoms with van der Waals surface area (Å²) in [6.45, 7) is 7.26. The minimum Gasteiger partial charge on any atom is -0.481 e. The first kappa shape index (κ1) is 20.8. The van der Waals surface area contributed by atoms with Crippen LogP contribution in [0.4, 0.5) is 0 Å². The number of rotatable bonds is 6. The number of carboxylic acids is 1. The lowest BCUT2D eigenvalue weighted by Crippen LogP contribution is -2.32. The summed E-state index contributed by atoms with van der Waals surface area (Å²) in [6.07, 6.45) is -0.373.